The molecule has 2 aromatic rings. The van der Waals surface area contributed by atoms with Crippen LogP contribution in [0.25, 0.3) is 10.2 Å². The molecule has 2 amide bonds. The summed E-state index contributed by atoms with van der Waals surface area (Å²) in [5, 5.41) is 4.79. The molecule has 1 aliphatic carbocycles. The van der Waals surface area contributed by atoms with Crippen LogP contribution in [-0.2, 0) is 22.7 Å². The summed E-state index contributed by atoms with van der Waals surface area (Å²) in [7, 11) is 0. The molecule has 0 unspecified atom stereocenters. The summed E-state index contributed by atoms with van der Waals surface area (Å²) < 4.78 is 3.33. The Hall–Kier alpha value is -2.42. The monoisotopic (exact) mass is 488 g/mol. The molecule has 0 aromatic carbocycles. The van der Waals surface area contributed by atoms with Crippen LogP contribution in [-0.4, -0.2) is 44.5 Å². The molecule has 9 heteroatoms. The SMILES string of the molecule is CC(C)NC(=O)C1CCC(Cn2c(=O)c3sccc3n(CC(=O)N3CCCC[C@@H]3C)c2=O)CC1. The zero-order chi connectivity index (χ0) is 24.4. The highest BCUT2D eigenvalue weighted by atomic mass is 32.1. The number of carbonyl (C=O) groups is 2. The molecule has 0 radical (unpaired) electrons. The van der Waals surface area contributed by atoms with Crippen molar-refractivity contribution in [2.24, 2.45) is 11.8 Å². The minimum absolute atomic E-state index is 0.00374. The molecular weight excluding hydrogens is 452 g/mol. The van der Waals surface area contributed by atoms with E-state index in [-0.39, 0.29) is 47.8 Å². The van der Waals surface area contributed by atoms with E-state index in [1.165, 1.54) is 20.5 Å². The summed E-state index contributed by atoms with van der Waals surface area (Å²) in [5.41, 5.74) is -0.137. The Labute approximate surface area is 203 Å². The van der Waals surface area contributed by atoms with Crippen LogP contribution in [0.3, 0.4) is 0 Å². The summed E-state index contributed by atoms with van der Waals surface area (Å²) in [6.07, 6.45) is 6.20. The summed E-state index contributed by atoms with van der Waals surface area (Å²) in [6, 6.07) is 2.05. The Morgan fingerprint density at radius 2 is 1.82 bits per heavy atom. The third-order valence-electron chi connectivity index (χ3n) is 7.34. The molecule has 186 valence electrons. The molecule has 1 N–H and O–H groups in total. The molecule has 1 atom stereocenters. The second-order valence-electron chi connectivity index (χ2n) is 10.2. The number of nitrogens with zero attached hydrogens (tertiary/aromatic N) is 3. The number of fused-ring (bicyclic) bond motifs is 1. The van der Waals surface area contributed by atoms with Gasteiger partial charge in [0.25, 0.3) is 5.56 Å². The van der Waals surface area contributed by atoms with Crippen molar-refractivity contribution in [3.8, 4) is 0 Å². The van der Waals surface area contributed by atoms with Crippen LogP contribution in [0.15, 0.2) is 21.0 Å². The fourth-order valence-electron chi connectivity index (χ4n) is 5.41. The lowest BCUT2D eigenvalue weighted by molar-refractivity contribution is -0.135. The second-order valence-corrected chi connectivity index (χ2v) is 11.1. The Bertz CT molecular complexity index is 1160. The van der Waals surface area contributed by atoms with Gasteiger partial charge in [-0.3, -0.25) is 23.5 Å². The van der Waals surface area contributed by atoms with Crippen molar-refractivity contribution in [1.29, 1.82) is 0 Å². The number of carbonyl (C=O) groups excluding carboxylic acids is 2. The lowest BCUT2D eigenvalue weighted by Gasteiger charge is -2.33. The largest absolute Gasteiger partial charge is 0.354 e. The molecule has 1 saturated carbocycles. The maximum atomic E-state index is 13.5. The van der Waals surface area contributed by atoms with Crippen molar-refractivity contribution in [2.45, 2.75) is 90.9 Å². The summed E-state index contributed by atoms with van der Waals surface area (Å²) in [6.45, 7) is 6.97. The van der Waals surface area contributed by atoms with Crippen LogP contribution < -0.4 is 16.6 Å². The first-order valence-corrected chi connectivity index (χ1v) is 13.4. The molecule has 2 fully saturated rings. The van der Waals surface area contributed by atoms with Gasteiger partial charge in [0, 0.05) is 31.1 Å². The first kappa shape index (κ1) is 24.7. The molecule has 3 heterocycles. The molecule has 4 rings (SSSR count). The highest BCUT2D eigenvalue weighted by molar-refractivity contribution is 7.17. The molecule has 34 heavy (non-hydrogen) atoms. The van der Waals surface area contributed by atoms with E-state index in [0.29, 0.717) is 16.8 Å². The van der Waals surface area contributed by atoms with Crippen molar-refractivity contribution in [3.05, 3.63) is 32.3 Å². The number of rotatable bonds is 6. The van der Waals surface area contributed by atoms with E-state index in [9.17, 15) is 19.2 Å². The molecule has 0 bridgehead atoms. The van der Waals surface area contributed by atoms with E-state index in [4.69, 9.17) is 0 Å². The van der Waals surface area contributed by atoms with Gasteiger partial charge >= 0.3 is 5.69 Å². The Kier molecular flexibility index (Phi) is 7.60. The molecule has 1 saturated heterocycles. The third kappa shape index (κ3) is 5.14. The van der Waals surface area contributed by atoms with E-state index >= 15 is 0 Å². The van der Waals surface area contributed by atoms with Gasteiger partial charge in [0.1, 0.15) is 11.2 Å². The van der Waals surface area contributed by atoms with Crippen molar-refractivity contribution in [3.63, 3.8) is 0 Å². The van der Waals surface area contributed by atoms with Gasteiger partial charge in [0.2, 0.25) is 11.8 Å². The number of aromatic nitrogens is 2. The van der Waals surface area contributed by atoms with Crippen molar-refractivity contribution >= 4 is 33.4 Å². The minimum Gasteiger partial charge on any atom is -0.354 e. The first-order chi connectivity index (χ1) is 16.3. The van der Waals surface area contributed by atoms with Crippen LogP contribution in [0.1, 0.15) is 65.7 Å². The normalized spacial score (nSPS) is 23.4. The maximum absolute atomic E-state index is 13.5. The van der Waals surface area contributed by atoms with E-state index < -0.39 is 5.69 Å². The van der Waals surface area contributed by atoms with Crippen LogP contribution in [0, 0.1) is 11.8 Å². The molecular formula is C25H36N4O4S. The fraction of sp³-hybridized carbons (Fsp3) is 0.680. The van der Waals surface area contributed by atoms with Gasteiger partial charge in [-0.05, 0) is 83.1 Å². The smallest absolute Gasteiger partial charge is 0.332 e. The maximum Gasteiger partial charge on any atom is 0.332 e. The van der Waals surface area contributed by atoms with Gasteiger partial charge in [0.15, 0.2) is 0 Å². The van der Waals surface area contributed by atoms with Crippen LogP contribution >= 0.6 is 11.3 Å². The average Bonchev–Trinajstić information content (AvgIpc) is 3.29. The van der Waals surface area contributed by atoms with Crippen molar-refractivity contribution < 1.29 is 9.59 Å². The van der Waals surface area contributed by atoms with Gasteiger partial charge in [-0.2, -0.15) is 0 Å². The quantitative estimate of drug-likeness (QED) is 0.677. The van der Waals surface area contributed by atoms with Crippen LogP contribution in [0.5, 0.6) is 0 Å². The summed E-state index contributed by atoms with van der Waals surface area (Å²) in [5.74, 6) is 0.190. The number of hydrogen-bond acceptors (Lipinski definition) is 5. The fourth-order valence-corrected chi connectivity index (χ4v) is 6.25. The van der Waals surface area contributed by atoms with Gasteiger partial charge in [-0.1, -0.05) is 0 Å². The van der Waals surface area contributed by atoms with E-state index in [0.717, 1.165) is 51.5 Å². The highest BCUT2D eigenvalue weighted by Gasteiger charge is 2.29. The predicted octanol–water partition coefficient (Wildman–Crippen LogP) is 2.96. The standard InChI is InChI=1S/C25H36N4O4S/c1-16(2)26-23(31)19-9-7-18(8-10-19)14-29-24(32)22-20(11-13-34-22)28(25(29)33)15-21(30)27-12-5-4-6-17(27)3/h11,13,16-19H,4-10,12,14-15H2,1-3H3,(H,26,31)/t17-,18?,19?/m0/s1. The number of amides is 2. The lowest BCUT2D eigenvalue weighted by Crippen LogP contribution is -2.47. The second kappa shape index (κ2) is 10.5. The number of piperidine rings is 1. The first-order valence-electron chi connectivity index (χ1n) is 12.6. The molecule has 1 aliphatic heterocycles. The Morgan fingerprint density at radius 1 is 1.09 bits per heavy atom. The highest BCUT2D eigenvalue weighted by Crippen LogP contribution is 2.30. The molecule has 2 aliphatic rings. The molecule has 0 spiro atoms. The number of likely N-dealkylation sites (tertiary alicyclic amines) is 1. The Balaban J connectivity index is 1.54. The average molecular weight is 489 g/mol. The van der Waals surface area contributed by atoms with E-state index in [1.54, 1.807) is 11.4 Å². The van der Waals surface area contributed by atoms with Crippen molar-refractivity contribution in [2.75, 3.05) is 6.54 Å². The number of thiophene rings is 1. The van der Waals surface area contributed by atoms with Crippen LogP contribution in [0.4, 0.5) is 0 Å². The van der Waals surface area contributed by atoms with Gasteiger partial charge < -0.3 is 10.2 Å². The predicted molar refractivity (Wildman–Crippen MR) is 134 cm³/mol. The number of hydrogen-bond donors (Lipinski definition) is 1. The summed E-state index contributed by atoms with van der Waals surface area (Å²) >= 11 is 1.32. The Morgan fingerprint density at radius 3 is 2.50 bits per heavy atom. The van der Waals surface area contributed by atoms with Crippen molar-refractivity contribution in [1.82, 2.24) is 19.4 Å². The minimum atomic E-state index is -0.409. The summed E-state index contributed by atoms with van der Waals surface area (Å²) in [4.78, 5) is 54.0. The van der Waals surface area contributed by atoms with E-state index in [1.807, 2.05) is 18.7 Å². The molecule has 2 aromatic heterocycles. The zero-order valence-corrected chi connectivity index (χ0v) is 21.2. The lowest BCUT2D eigenvalue weighted by atomic mass is 9.81. The van der Waals surface area contributed by atoms with E-state index in [2.05, 4.69) is 12.2 Å². The zero-order valence-electron chi connectivity index (χ0n) is 20.4. The topological polar surface area (TPSA) is 93.4 Å². The van der Waals surface area contributed by atoms with Gasteiger partial charge in [-0.25, -0.2) is 4.79 Å². The third-order valence-corrected chi connectivity index (χ3v) is 8.23. The van der Waals surface area contributed by atoms with Gasteiger partial charge in [-0.15, -0.1) is 11.3 Å². The molecule has 8 nitrogen and oxygen atoms in total. The number of nitrogens with one attached hydrogen (secondary N) is 1. The van der Waals surface area contributed by atoms with Gasteiger partial charge in [0.05, 0.1) is 5.52 Å². The van der Waals surface area contributed by atoms with Crippen LogP contribution in [0.2, 0.25) is 0 Å².